The average Bonchev–Trinajstić information content (AvgIpc) is 2.27. The van der Waals surface area contributed by atoms with Gasteiger partial charge in [-0.1, -0.05) is 0 Å². The summed E-state index contributed by atoms with van der Waals surface area (Å²) in [6.45, 7) is -0.376. The number of aliphatic hydroxyl groups excluding tert-OH is 1. The van der Waals surface area contributed by atoms with Crippen LogP contribution >= 0.6 is 0 Å². The van der Waals surface area contributed by atoms with Crippen molar-refractivity contribution in [3.8, 4) is 5.75 Å². The smallest absolute Gasteiger partial charge is 0.203 e. The van der Waals surface area contributed by atoms with Crippen LogP contribution in [0.25, 0.3) is 0 Å². The third-order valence-corrected chi connectivity index (χ3v) is 1.93. The van der Waals surface area contributed by atoms with E-state index in [1.165, 1.54) is 0 Å². The van der Waals surface area contributed by atoms with Gasteiger partial charge in [0.25, 0.3) is 0 Å². The molecule has 1 rings (SSSR count). The molecule has 1 atom stereocenters. The van der Waals surface area contributed by atoms with Crippen LogP contribution in [0.15, 0.2) is 6.07 Å². The van der Waals surface area contributed by atoms with Crippen LogP contribution in [0.1, 0.15) is 0 Å². The second kappa shape index (κ2) is 5.83. The molecule has 0 bridgehead atoms. The van der Waals surface area contributed by atoms with Crippen LogP contribution in [0, 0.1) is 23.3 Å². The Hall–Kier alpha value is -1.34. The van der Waals surface area contributed by atoms with Crippen molar-refractivity contribution in [3.63, 3.8) is 0 Å². The molecule has 7 heteroatoms. The first-order valence-electron chi connectivity index (χ1n) is 4.75. The summed E-state index contributed by atoms with van der Waals surface area (Å²) >= 11 is 0. The van der Waals surface area contributed by atoms with Crippen LogP contribution in [0.4, 0.5) is 17.6 Å². The molecule has 1 unspecified atom stereocenters. The van der Waals surface area contributed by atoms with Crippen molar-refractivity contribution in [2.45, 2.75) is 6.10 Å². The van der Waals surface area contributed by atoms with Gasteiger partial charge >= 0.3 is 0 Å². The minimum absolute atomic E-state index is 0.0849. The van der Waals surface area contributed by atoms with Crippen molar-refractivity contribution in [2.24, 2.45) is 0 Å². The molecule has 0 heterocycles. The molecule has 0 amide bonds. The zero-order valence-corrected chi connectivity index (χ0v) is 8.94. The Morgan fingerprint density at radius 3 is 2.24 bits per heavy atom. The predicted octanol–water partition coefficient (Wildman–Crippen LogP) is 1.20. The summed E-state index contributed by atoms with van der Waals surface area (Å²) in [7, 11) is 1.55. The van der Waals surface area contributed by atoms with Gasteiger partial charge in [-0.05, 0) is 7.05 Å². The lowest BCUT2D eigenvalue weighted by Crippen LogP contribution is -2.29. The molecule has 96 valence electrons. The summed E-state index contributed by atoms with van der Waals surface area (Å²) < 4.78 is 56.2. The number of aliphatic hydroxyl groups is 1. The summed E-state index contributed by atoms with van der Waals surface area (Å²) in [4.78, 5) is 0. The zero-order valence-electron chi connectivity index (χ0n) is 8.94. The molecule has 0 fully saturated rings. The Morgan fingerprint density at radius 1 is 1.24 bits per heavy atom. The molecule has 2 N–H and O–H groups in total. The highest BCUT2D eigenvalue weighted by Gasteiger charge is 2.21. The Labute approximate surface area is 95.0 Å². The Bertz CT molecular complexity index is 374. The van der Waals surface area contributed by atoms with Gasteiger partial charge in [-0.15, -0.1) is 0 Å². The van der Waals surface area contributed by atoms with E-state index in [4.69, 9.17) is 0 Å². The lowest BCUT2D eigenvalue weighted by atomic mass is 10.3. The van der Waals surface area contributed by atoms with Crippen molar-refractivity contribution in [1.82, 2.24) is 5.32 Å². The summed E-state index contributed by atoms with van der Waals surface area (Å²) in [6, 6.07) is 0.0849. The van der Waals surface area contributed by atoms with Gasteiger partial charge in [0.2, 0.25) is 11.6 Å². The fourth-order valence-electron chi connectivity index (χ4n) is 1.15. The summed E-state index contributed by atoms with van der Waals surface area (Å²) in [6.07, 6.45) is -1.05. The minimum Gasteiger partial charge on any atom is -0.485 e. The molecule has 0 saturated heterocycles. The highest BCUT2D eigenvalue weighted by molar-refractivity contribution is 5.28. The Balaban J connectivity index is 2.83. The van der Waals surface area contributed by atoms with Crippen LogP contribution < -0.4 is 10.1 Å². The largest absolute Gasteiger partial charge is 0.485 e. The number of benzene rings is 1. The molecule has 3 nitrogen and oxygen atoms in total. The Morgan fingerprint density at radius 2 is 1.76 bits per heavy atom. The van der Waals surface area contributed by atoms with Gasteiger partial charge in [0.05, 0.1) is 0 Å². The summed E-state index contributed by atoms with van der Waals surface area (Å²) in [5, 5.41) is 11.8. The molecule has 0 saturated carbocycles. The van der Waals surface area contributed by atoms with Crippen LogP contribution in [-0.2, 0) is 0 Å². The summed E-state index contributed by atoms with van der Waals surface area (Å²) in [5.74, 6) is -7.53. The topological polar surface area (TPSA) is 41.5 Å². The molecular formula is C10H11F4NO2. The van der Waals surface area contributed by atoms with Gasteiger partial charge in [0, 0.05) is 12.6 Å². The maximum absolute atomic E-state index is 13.1. The second-order valence-electron chi connectivity index (χ2n) is 3.32. The number of halogens is 4. The molecule has 0 aliphatic rings. The van der Waals surface area contributed by atoms with E-state index in [1.807, 2.05) is 0 Å². The number of hydrogen-bond donors (Lipinski definition) is 2. The molecular weight excluding hydrogens is 242 g/mol. The highest BCUT2D eigenvalue weighted by Crippen LogP contribution is 2.26. The van der Waals surface area contributed by atoms with E-state index in [1.54, 1.807) is 7.05 Å². The highest BCUT2D eigenvalue weighted by atomic mass is 19.2. The van der Waals surface area contributed by atoms with Crippen molar-refractivity contribution in [2.75, 3.05) is 20.2 Å². The van der Waals surface area contributed by atoms with Crippen LogP contribution in [0.3, 0.4) is 0 Å². The zero-order chi connectivity index (χ0) is 13.0. The Kier molecular flexibility index (Phi) is 4.71. The van der Waals surface area contributed by atoms with E-state index < -0.39 is 41.7 Å². The van der Waals surface area contributed by atoms with Crippen LogP contribution in [0.2, 0.25) is 0 Å². The van der Waals surface area contributed by atoms with E-state index in [-0.39, 0.29) is 12.6 Å². The first kappa shape index (κ1) is 13.7. The first-order valence-corrected chi connectivity index (χ1v) is 4.75. The van der Waals surface area contributed by atoms with Gasteiger partial charge in [-0.3, -0.25) is 0 Å². The van der Waals surface area contributed by atoms with E-state index >= 15 is 0 Å². The molecule has 0 spiro atoms. The van der Waals surface area contributed by atoms with Gasteiger partial charge in [-0.25, -0.2) is 8.78 Å². The lowest BCUT2D eigenvalue weighted by Gasteiger charge is -2.13. The minimum atomic E-state index is -1.62. The molecule has 0 aromatic heterocycles. The van der Waals surface area contributed by atoms with Crippen molar-refractivity contribution < 1.29 is 27.4 Å². The quantitative estimate of drug-likeness (QED) is 0.612. The average molecular weight is 253 g/mol. The number of hydrogen-bond acceptors (Lipinski definition) is 3. The van der Waals surface area contributed by atoms with E-state index in [2.05, 4.69) is 10.1 Å². The van der Waals surface area contributed by atoms with Gasteiger partial charge in [0.15, 0.2) is 17.4 Å². The summed E-state index contributed by atoms with van der Waals surface area (Å²) in [5.41, 5.74) is 0. The molecule has 1 aromatic rings. The molecule has 0 aliphatic carbocycles. The lowest BCUT2D eigenvalue weighted by molar-refractivity contribution is 0.102. The van der Waals surface area contributed by atoms with Crippen LogP contribution in [0.5, 0.6) is 5.75 Å². The predicted molar refractivity (Wildman–Crippen MR) is 51.7 cm³/mol. The number of ether oxygens (including phenoxy) is 1. The third kappa shape index (κ3) is 3.31. The monoisotopic (exact) mass is 253 g/mol. The normalized spacial score (nSPS) is 12.6. The van der Waals surface area contributed by atoms with E-state index in [9.17, 15) is 22.7 Å². The number of rotatable bonds is 5. The van der Waals surface area contributed by atoms with Crippen molar-refractivity contribution >= 4 is 0 Å². The molecule has 17 heavy (non-hydrogen) atoms. The van der Waals surface area contributed by atoms with Crippen molar-refractivity contribution in [1.29, 1.82) is 0 Å². The maximum atomic E-state index is 13.1. The van der Waals surface area contributed by atoms with E-state index in [0.29, 0.717) is 0 Å². The van der Waals surface area contributed by atoms with Gasteiger partial charge in [-0.2, -0.15) is 8.78 Å². The molecule has 0 aliphatic heterocycles. The third-order valence-electron chi connectivity index (χ3n) is 1.93. The number of likely N-dealkylation sites (N-methyl/N-ethyl adjacent to an activating group) is 1. The number of nitrogens with one attached hydrogen (secondary N) is 1. The second-order valence-corrected chi connectivity index (χ2v) is 3.32. The van der Waals surface area contributed by atoms with Crippen LogP contribution in [-0.4, -0.2) is 31.4 Å². The van der Waals surface area contributed by atoms with Gasteiger partial charge < -0.3 is 15.2 Å². The fraction of sp³-hybridized carbons (Fsp3) is 0.400. The molecule has 1 aromatic carbocycles. The molecule has 0 radical (unpaired) electrons. The standard InChI is InChI=1S/C10H11F4NO2/c1-15-3-5(16)4-17-10-8(13)6(11)2-7(12)9(10)14/h2,5,15-16H,3-4H2,1H3. The van der Waals surface area contributed by atoms with E-state index in [0.717, 1.165) is 0 Å². The van der Waals surface area contributed by atoms with Gasteiger partial charge in [0.1, 0.15) is 12.7 Å². The maximum Gasteiger partial charge on any atom is 0.203 e. The SMILES string of the molecule is CNCC(O)COc1c(F)c(F)cc(F)c1F. The van der Waals surface area contributed by atoms with Crippen molar-refractivity contribution in [3.05, 3.63) is 29.3 Å². The first-order chi connectivity index (χ1) is 7.97. The fourth-order valence-corrected chi connectivity index (χ4v) is 1.15.